The highest BCUT2D eigenvalue weighted by molar-refractivity contribution is 5.25. The summed E-state index contributed by atoms with van der Waals surface area (Å²) in [6.45, 7) is 2.65. The van der Waals surface area contributed by atoms with Gasteiger partial charge in [-0.05, 0) is 30.3 Å². The number of nitrogens with zero attached hydrogens (tertiary/aromatic N) is 4. The van der Waals surface area contributed by atoms with Gasteiger partial charge in [0.05, 0.1) is 11.4 Å². The Labute approximate surface area is 136 Å². The summed E-state index contributed by atoms with van der Waals surface area (Å²) in [6.07, 6.45) is 13.9. The van der Waals surface area contributed by atoms with Crippen LogP contribution in [0.5, 0.6) is 0 Å². The third-order valence-electron chi connectivity index (χ3n) is 3.94. The number of nitrogens with one attached hydrogen (secondary N) is 1. The summed E-state index contributed by atoms with van der Waals surface area (Å²) in [4.78, 5) is 8.99. The number of aryl methyl sites for hydroxylation is 1. The van der Waals surface area contributed by atoms with Crippen molar-refractivity contribution in [3.8, 4) is 0 Å². The van der Waals surface area contributed by atoms with Crippen molar-refractivity contribution < 1.29 is 0 Å². The van der Waals surface area contributed by atoms with Gasteiger partial charge in [0.1, 0.15) is 6.17 Å². The average molecular weight is 310 g/mol. The molecule has 1 atom stereocenters. The number of hydrogen-bond acceptors (Lipinski definition) is 5. The molecule has 120 valence electrons. The van der Waals surface area contributed by atoms with Crippen molar-refractivity contribution in [2.45, 2.75) is 32.4 Å². The van der Waals surface area contributed by atoms with Gasteiger partial charge in [0.2, 0.25) is 0 Å². The predicted octanol–water partition coefficient (Wildman–Crippen LogP) is 1.72. The van der Waals surface area contributed by atoms with Crippen LogP contribution in [0, 0.1) is 0 Å². The van der Waals surface area contributed by atoms with E-state index in [1.807, 2.05) is 35.3 Å². The van der Waals surface area contributed by atoms with E-state index in [4.69, 9.17) is 5.73 Å². The van der Waals surface area contributed by atoms with Crippen molar-refractivity contribution in [1.82, 2.24) is 25.1 Å². The molecule has 3 heterocycles. The van der Waals surface area contributed by atoms with Crippen LogP contribution in [0.3, 0.4) is 0 Å². The summed E-state index contributed by atoms with van der Waals surface area (Å²) in [6, 6.07) is 2.03. The molecule has 0 fully saturated rings. The number of aromatic nitrogens is 4. The van der Waals surface area contributed by atoms with E-state index in [1.165, 1.54) is 0 Å². The van der Waals surface area contributed by atoms with E-state index in [0.29, 0.717) is 13.0 Å². The Morgan fingerprint density at radius 1 is 1.22 bits per heavy atom. The highest BCUT2D eigenvalue weighted by Gasteiger charge is 2.19. The Balaban J connectivity index is 1.88. The molecule has 0 saturated carbocycles. The first kappa shape index (κ1) is 15.4. The van der Waals surface area contributed by atoms with Crippen molar-refractivity contribution in [2.24, 2.45) is 5.73 Å². The van der Waals surface area contributed by atoms with E-state index in [0.717, 1.165) is 35.5 Å². The second-order valence-electron chi connectivity index (χ2n) is 5.52. The number of allylic oxidation sites excluding steroid dienone is 2. The summed E-state index contributed by atoms with van der Waals surface area (Å²) in [5.41, 5.74) is 10.1. The molecule has 0 bridgehead atoms. The average Bonchev–Trinajstić information content (AvgIpc) is 3.05. The van der Waals surface area contributed by atoms with E-state index in [2.05, 4.69) is 27.3 Å². The fraction of sp³-hybridized carbons (Fsp3) is 0.353. The summed E-state index contributed by atoms with van der Waals surface area (Å²) in [7, 11) is 0. The molecule has 23 heavy (non-hydrogen) atoms. The molecule has 6 nitrogen and oxygen atoms in total. The summed E-state index contributed by atoms with van der Waals surface area (Å²) in [5, 5.41) is 7.81. The monoisotopic (exact) mass is 310 g/mol. The lowest BCUT2D eigenvalue weighted by molar-refractivity contribution is 0.448. The van der Waals surface area contributed by atoms with Gasteiger partial charge in [-0.1, -0.05) is 19.4 Å². The van der Waals surface area contributed by atoms with Crippen LogP contribution in [-0.2, 0) is 12.8 Å². The molecular weight excluding hydrogens is 288 g/mol. The third-order valence-corrected chi connectivity index (χ3v) is 3.94. The molecule has 1 aliphatic heterocycles. The van der Waals surface area contributed by atoms with Gasteiger partial charge in [-0.3, -0.25) is 9.97 Å². The van der Waals surface area contributed by atoms with E-state index in [9.17, 15) is 0 Å². The molecule has 0 radical (unpaired) electrons. The van der Waals surface area contributed by atoms with Crippen molar-refractivity contribution in [3.05, 3.63) is 65.7 Å². The Bertz CT molecular complexity index is 715. The van der Waals surface area contributed by atoms with Gasteiger partial charge in [0.25, 0.3) is 0 Å². The van der Waals surface area contributed by atoms with E-state index in [1.54, 1.807) is 12.4 Å². The Morgan fingerprint density at radius 2 is 2.04 bits per heavy atom. The van der Waals surface area contributed by atoms with Crippen LogP contribution in [0.2, 0.25) is 0 Å². The van der Waals surface area contributed by atoms with Crippen LogP contribution >= 0.6 is 0 Å². The highest BCUT2D eigenvalue weighted by atomic mass is 15.4. The van der Waals surface area contributed by atoms with Crippen LogP contribution in [0.25, 0.3) is 0 Å². The van der Waals surface area contributed by atoms with Crippen molar-refractivity contribution in [3.63, 3.8) is 0 Å². The standard InChI is InChI=1S/C17H22N6/c1-2-4-15-16(20-10-9-19-15)11-14-6-8-22-23(14)17-13(12-18)5-3-7-21-17/h3,5-10,17,21H,2,4,11-12,18H2,1H3. The molecule has 0 aromatic carbocycles. The topological polar surface area (TPSA) is 81.7 Å². The maximum absolute atomic E-state index is 5.86. The third kappa shape index (κ3) is 3.32. The molecule has 3 N–H and O–H groups in total. The lowest BCUT2D eigenvalue weighted by Gasteiger charge is -2.25. The number of nitrogens with two attached hydrogens (primary N) is 1. The van der Waals surface area contributed by atoms with Crippen molar-refractivity contribution >= 4 is 0 Å². The second kappa shape index (κ2) is 7.19. The fourth-order valence-corrected chi connectivity index (χ4v) is 2.80. The zero-order valence-electron chi connectivity index (χ0n) is 13.3. The van der Waals surface area contributed by atoms with Crippen LogP contribution in [0.1, 0.15) is 36.6 Å². The van der Waals surface area contributed by atoms with Gasteiger partial charge in [-0.25, -0.2) is 4.68 Å². The van der Waals surface area contributed by atoms with Gasteiger partial charge < -0.3 is 11.1 Å². The molecule has 2 aromatic rings. The smallest absolute Gasteiger partial charge is 0.143 e. The van der Waals surface area contributed by atoms with Crippen molar-refractivity contribution in [2.75, 3.05) is 6.54 Å². The van der Waals surface area contributed by atoms with Gasteiger partial charge in [0.15, 0.2) is 0 Å². The molecule has 3 rings (SSSR count). The zero-order chi connectivity index (χ0) is 16.1. The van der Waals surface area contributed by atoms with Crippen LogP contribution in [0.15, 0.2) is 48.6 Å². The first-order valence-corrected chi connectivity index (χ1v) is 7.96. The number of rotatable bonds is 6. The molecule has 6 heteroatoms. The van der Waals surface area contributed by atoms with E-state index in [-0.39, 0.29) is 6.17 Å². The van der Waals surface area contributed by atoms with Gasteiger partial charge in [-0.2, -0.15) is 5.10 Å². The molecule has 0 aliphatic carbocycles. The first-order valence-electron chi connectivity index (χ1n) is 7.96. The Kier molecular flexibility index (Phi) is 4.83. The lowest BCUT2D eigenvalue weighted by atomic mass is 10.1. The Hall–Kier alpha value is -2.47. The zero-order valence-corrected chi connectivity index (χ0v) is 13.3. The number of hydrogen-bond donors (Lipinski definition) is 2. The molecule has 0 saturated heterocycles. The maximum atomic E-state index is 5.86. The second-order valence-corrected chi connectivity index (χ2v) is 5.52. The van der Waals surface area contributed by atoms with E-state index < -0.39 is 0 Å². The van der Waals surface area contributed by atoms with E-state index >= 15 is 0 Å². The fourth-order valence-electron chi connectivity index (χ4n) is 2.80. The molecule has 0 amide bonds. The van der Waals surface area contributed by atoms with Crippen molar-refractivity contribution in [1.29, 1.82) is 0 Å². The predicted molar refractivity (Wildman–Crippen MR) is 89.5 cm³/mol. The molecule has 1 unspecified atom stereocenters. The first-order chi connectivity index (χ1) is 11.3. The van der Waals surface area contributed by atoms with Crippen LogP contribution in [-0.4, -0.2) is 26.3 Å². The number of dihydropyridines is 1. The minimum Gasteiger partial charge on any atom is -0.366 e. The normalized spacial score (nSPS) is 17.0. The quantitative estimate of drug-likeness (QED) is 0.849. The molecule has 0 spiro atoms. The maximum Gasteiger partial charge on any atom is 0.143 e. The summed E-state index contributed by atoms with van der Waals surface area (Å²) >= 11 is 0. The minimum atomic E-state index is -0.0405. The molecule has 2 aromatic heterocycles. The lowest BCUT2D eigenvalue weighted by Crippen LogP contribution is -2.31. The summed E-state index contributed by atoms with van der Waals surface area (Å²) < 4.78 is 1.98. The van der Waals surface area contributed by atoms with Crippen LogP contribution in [0.4, 0.5) is 0 Å². The SMILES string of the molecule is CCCc1nccnc1Cc1ccnn1C1NC=CC=C1CN. The van der Waals surface area contributed by atoms with Gasteiger partial charge in [0, 0.05) is 37.3 Å². The summed E-state index contributed by atoms with van der Waals surface area (Å²) in [5.74, 6) is 0. The van der Waals surface area contributed by atoms with Gasteiger partial charge in [-0.15, -0.1) is 0 Å². The highest BCUT2D eigenvalue weighted by Crippen LogP contribution is 2.20. The minimum absolute atomic E-state index is 0.0405. The molecule has 1 aliphatic rings. The molecular formula is C17H22N6. The van der Waals surface area contributed by atoms with Gasteiger partial charge >= 0.3 is 0 Å². The largest absolute Gasteiger partial charge is 0.366 e. The Morgan fingerprint density at radius 3 is 2.83 bits per heavy atom. The van der Waals surface area contributed by atoms with Crippen LogP contribution < -0.4 is 11.1 Å².